The van der Waals surface area contributed by atoms with Crippen molar-refractivity contribution in [2.24, 2.45) is 5.92 Å². The Hall–Kier alpha value is -3.56. The number of amides is 2. The lowest BCUT2D eigenvalue weighted by Crippen LogP contribution is -2.19. The zero-order valence-corrected chi connectivity index (χ0v) is 22.2. The molecule has 0 unspecified atom stereocenters. The molecule has 1 aromatic heterocycles. The third-order valence-corrected chi connectivity index (χ3v) is 6.14. The van der Waals surface area contributed by atoms with Gasteiger partial charge in [-0.2, -0.15) is 13.2 Å². The standard InChI is InChI=1S/C27H24ClF3N4O2.ClH/c1-14(2)11-23-33-22-13-16(32-25(36)17-7-4-5-8-19(17)27(29,30)31)12-18(24(22)35-23)26(37)34-21-10-6-9-20(28)15(21)3;/h4-10,12-14H,11H2,1-3H3,(H,32,36)(H,33,35)(H,34,37);1H. The van der Waals surface area contributed by atoms with E-state index in [4.69, 9.17) is 11.6 Å². The van der Waals surface area contributed by atoms with Crippen LogP contribution in [0.5, 0.6) is 0 Å². The zero-order chi connectivity index (χ0) is 26.9. The molecule has 0 spiro atoms. The zero-order valence-electron chi connectivity index (χ0n) is 20.7. The van der Waals surface area contributed by atoms with E-state index in [1.165, 1.54) is 18.2 Å². The van der Waals surface area contributed by atoms with Crippen LogP contribution in [0.4, 0.5) is 24.5 Å². The molecule has 4 aromatic rings. The third-order valence-electron chi connectivity index (χ3n) is 5.73. The Labute approximate surface area is 228 Å². The molecule has 0 aliphatic carbocycles. The van der Waals surface area contributed by atoms with Crippen LogP contribution in [-0.4, -0.2) is 21.8 Å². The van der Waals surface area contributed by atoms with E-state index >= 15 is 0 Å². The molecule has 0 radical (unpaired) electrons. The Kier molecular flexibility index (Phi) is 8.74. The minimum Gasteiger partial charge on any atom is -0.342 e. The van der Waals surface area contributed by atoms with Crippen LogP contribution in [0.15, 0.2) is 54.6 Å². The lowest BCUT2D eigenvalue weighted by molar-refractivity contribution is -0.137. The molecule has 11 heteroatoms. The van der Waals surface area contributed by atoms with Gasteiger partial charge in [0.15, 0.2) is 0 Å². The number of alkyl halides is 3. The molecule has 0 saturated heterocycles. The van der Waals surface area contributed by atoms with Crippen molar-refractivity contribution in [1.29, 1.82) is 0 Å². The van der Waals surface area contributed by atoms with Gasteiger partial charge in [-0.15, -0.1) is 12.4 Å². The Morgan fingerprint density at radius 3 is 2.37 bits per heavy atom. The molecule has 0 fully saturated rings. The summed E-state index contributed by atoms with van der Waals surface area (Å²) in [5.74, 6) is -0.537. The fraction of sp³-hybridized carbons (Fsp3) is 0.222. The van der Waals surface area contributed by atoms with Gasteiger partial charge >= 0.3 is 6.18 Å². The third kappa shape index (κ3) is 6.28. The molecule has 1 heterocycles. The highest BCUT2D eigenvalue weighted by Gasteiger charge is 2.35. The largest absolute Gasteiger partial charge is 0.417 e. The molecule has 3 N–H and O–H groups in total. The monoisotopic (exact) mass is 564 g/mol. The fourth-order valence-corrected chi connectivity index (χ4v) is 4.13. The first-order valence-electron chi connectivity index (χ1n) is 11.5. The number of rotatable bonds is 6. The summed E-state index contributed by atoms with van der Waals surface area (Å²) in [5.41, 5.74) is 0.711. The molecule has 0 saturated carbocycles. The number of nitrogens with zero attached hydrogens (tertiary/aromatic N) is 1. The number of hydrogen-bond acceptors (Lipinski definition) is 3. The molecule has 0 bridgehead atoms. The van der Waals surface area contributed by atoms with E-state index in [0.29, 0.717) is 39.6 Å². The number of aromatic amines is 1. The first-order chi connectivity index (χ1) is 17.4. The summed E-state index contributed by atoms with van der Waals surface area (Å²) in [4.78, 5) is 33.9. The smallest absolute Gasteiger partial charge is 0.342 e. The summed E-state index contributed by atoms with van der Waals surface area (Å²) in [6.07, 6.45) is -4.09. The quantitative estimate of drug-likeness (QED) is 0.224. The molecule has 2 amide bonds. The number of nitrogens with one attached hydrogen (secondary N) is 3. The van der Waals surface area contributed by atoms with Crippen molar-refractivity contribution >= 4 is 58.2 Å². The number of halogens is 5. The van der Waals surface area contributed by atoms with Crippen LogP contribution >= 0.6 is 24.0 Å². The van der Waals surface area contributed by atoms with Crippen molar-refractivity contribution in [3.05, 3.63) is 87.7 Å². The van der Waals surface area contributed by atoms with E-state index in [1.807, 2.05) is 13.8 Å². The number of H-pyrrole nitrogens is 1. The predicted octanol–water partition coefficient (Wildman–Crippen LogP) is 7.67. The van der Waals surface area contributed by atoms with Crippen LogP contribution in [0.3, 0.4) is 0 Å². The Bertz CT molecular complexity index is 1500. The number of carbonyl (C=O) groups is 2. The molecule has 0 aliphatic heterocycles. The average Bonchev–Trinajstić information content (AvgIpc) is 3.22. The molecule has 4 rings (SSSR count). The second-order valence-corrected chi connectivity index (χ2v) is 9.47. The van der Waals surface area contributed by atoms with Gasteiger partial charge in [0.25, 0.3) is 11.8 Å². The summed E-state index contributed by atoms with van der Waals surface area (Å²) < 4.78 is 40.3. The van der Waals surface area contributed by atoms with Gasteiger partial charge in [-0.05, 0) is 54.8 Å². The van der Waals surface area contributed by atoms with Crippen molar-refractivity contribution in [3.63, 3.8) is 0 Å². The second-order valence-electron chi connectivity index (χ2n) is 9.07. The van der Waals surface area contributed by atoms with Gasteiger partial charge in [-0.1, -0.05) is 43.6 Å². The molecule has 0 atom stereocenters. The van der Waals surface area contributed by atoms with Gasteiger partial charge < -0.3 is 15.6 Å². The predicted molar refractivity (Wildman–Crippen MR) is 145 cm³/mol. The van der Waals surface area contributed by atoms with Crippen molar-refractivity contribution in [2.75, 3.05) is 10.6 Å². The van der Waals surface area contributed by atoms with Crippen molar-refractivity contribution in [3.8, 4) is 0 Å². The van der Waals surface area contributed by atoms with E-state index in [2.05, 4.69) is 20.6 Å². The number of aromatic nitrogens is 2. The van der Waals surface area contributed by atoms with Gasteiger partial charge in [0, 0.05) is 22.8 Å². The molecule has 38 heavy (non-hydrogen) atoms. The van der Waals surface area contributed by atoms with Crippen molar-refractivity contribution in [1.82, 2.24) is 9.97 Å². The Morgan fingerprint density at radius 1 is 1.00 bits per heavy atom. The van der Waals surface area contributed by atoms with E-state index in [1.54, 1.807) is 31.2 Å². The van der Waals surface area contributed by atoms with Gasteiger partial charge in [-0.25, -0.2) is 4.98 Å². The number of fused-ring (bicyclic) bond motifs is 1. The molecule has 3 aromatic carbocycles. The minimum atomic E-state index is -4.70. The number of hydrogen-bond donors (Lipinski definition) is 3. The summed E-state index contributed by atoms with van der Waals surface area (Å²) >= 11 is 6.18. The van der Waals surface area contributed by atoms with E-state index in [9.17, 15) is 22.8 Å². The second kappa shape index (κ2) is 11.4. The topological polar surface area (TPSA) is 86.9 Å². The van der Waals surface area contributed by atoms with Gasteiger partial charge in [0.2, 0.25) is 0 Å². The first kappa shape index (κ1) is 29.0. The maximum atomic E-state index is 13.4. The van der Waals surface area contributed by atoms with Crippen LogP contribution < -0.4 is 10.6 Å². The SMILES string of the molecule is Cc1c(Cl)cccc1NC(=O)c1cc(NC(=O)c2ccccc2C(F)(F)F)cc2[nH]c(CC(C)C)nc12.Cl. The van der Waals surface area contributed by atoms with Gasteiger partial charge in [-0.3, -0.25) is 9.59 Å². The maximum absolute atomic E-state index is 13.4. The van der Waals surface area contributed by atoms with E-state index in [0.717, 1.165) is 12.1 Å². The number of imidazole rings is 1. The van der Waals surface area contributed by atoms with E-state index < -0.39 is 29.1 Å². The van der Waals surface area contributed by atoms with Gasteiger partial charge in [0.1, 0.15) is 11.3 Å². The fourth-order valence-electron chi connectivity index (χ4n) is 3.96. The summed E-state index contributed by atoms with van der Waals surface area (Å²) in [6.45, 7) is 5.80. The van der Waals surface area contributed by atoms with Crippen LogP contribution in [-0.2, 0) is 12.6 Å². The highest BCUT2D eigenvalue weighted by atomic mass is 35.5. The van der Waals surface area contributed by atoms with Crippen LogP contribution in [0.1, 0.15) is 51.5 Å². The van der Waals surface area contributed by atoms with E-state index in [-0.39, 0.29) is 29.6 Å². The maximum Gasteiger partial charge on any atom is 0.417 e. The normalized spacial score (nSPS) is 11.4. The number of anilines is 2. The summed E-state index contributed by atoms with van der Waals surface area (Å²) in [7, 11) is 0. The van der Waals surface area contributed by atoms with Crippen LogP contribution in [0.2, 0.25) is 5.02 Å². The average molecular weight is 565 g/mol. The van der Waals surface area contributed by atoms with Gasteiger partial charge in [0.05, 0.1) is 22.2 Å². The lowest BCUT2D eigenvalue weighted by atomic mass is 10.1. The van der Waals surface area contributed by atoms with Crippen molar-refractivity contribution in [2.45, 2.75) is 33.4 Å². The van der Waals surface area contributed by atoms with Crippen LogP contribution in [0, 0.1) is 12.8 Å². The first-order valence-corrected chi connectivity index (χ1v) is 11.9. The molecule has 6 nitrogen and oxygen atoms in total. The minimum absolute atomic E-state index is 0. The molecular formula is C27H25Cl2F3N4O2. The summed E-state index contributed by atoms with van der Waals surface area (Å²) in [6, 6.07) is 12.5. The summed E-state index contributed by atoms with van der Waals surface area (Å²) in [5, 5.41) is 5.79. The van der Waals surface area contributed by atoms with Crippen molar-refractivity contribution < 1.29 is 22.8 Å². The molecule has 200 valence electrons. The highest BCUT2D eigenvalue weighted by Crippen LogP contribution is 2.33. The number of benzene rings is 3. The molecule has 0 aliphatic rings. The lowest BCUT2D eigenvalue weighted by Gasteiger charge is -2.14. The Morgan fingerprint density at radius 2 is 1.68 bits per heavy atom. The number of carbonyl (C=O) groups excluding carboxylic acids is 2. The highest BCUT2D eigenvalue weighted by molar-refractivity contribution is 6.31. The van der Waals surface area contributed by atoms with Crippen LogP contribution in [0.25, 0.3) is 11.0 Å². The Balaban J connectivity index is 0.00000400. The molecular weight excluding hydrogens is 540 g/mol.